The van der Waals surface area contributed by atoms with Crippen molar-refractivity contribution in [2.24, 2.45) is 16.8 Å². The van der Waals surface area contributed by atoms with E-state index in [1.165, 1.54) is 11.8 Å². The van der Waals surface area contributed by atoms with Gasteiger partial charge in [0.05, 0.1) is 31.4 Å². The van der Waals surface area contributed by atoms with Crippen molar-refractivity contribution in [3.8, 4) is 0 Å². The number of hydrogen-bond donors (Lipinski definition) is 3. The Balaban J connectivity index is 2.83. The van der Waals surface area contributed by atoms with E-state index in [1.54, 1.807) is 14.0 Å². The first-order valence-electron chi connectivity index (χ1n) is 8.98. The highest BCUT2D eigenvalue weighted by Gasteiger charge is 2.32. The number of hydrogen-bond acceptors (Lipinski definition) is 5. The fourth-order valence-electron chi connectivity index (χ4n) is 3.03. The maximum absolute atomic E-state index is 13.6. The Morgan fingerprint density at radius 1 is 1.38 bits per heavy atom. The van der Waals surface area contributed by atoms with Crippen LogP contribution in [0, 0.1) is 11.8 Å². The zero-order valence-electron chi connectivity index (χ0n) is 15.8. The summed E-state index contributed by atoms with van der Waals surface area (Å²) in [4.78, 5) is 28.8. The van der Waals surface area contributed by atoms with Gasteiger partial charge >= 0.3 is 0 Å². The Morgan fingerprint density at radius 3 is 2.50 bits per heavy atom. The Bertz CT molecular complexity index is 485. The first-order chi connectivity index (χ1) is 12.3. The van der Waals surface area contributed by atoms with Gasteiger partial charge in [-0.2, -0.15) is 0 Å². The molecule has 0 spiro atoms. The molecule has 0 bridgehead atoms. The van der Waals surface area contributed by atoms with E-state index in [-0.39, 0.29) is 32.0 Å². The molecule has 0 aromatic carbocycles. The highest BCUT2D eigenvalue weighted by Crippen LogP contribution is 2.33. The van der Waals surface area contributed by atoms with Gasteiger partial charge in [0.15, 0.2) is 0 Å². The van der Waals surface area contributed by atoms with Gasteiger partial charge in [0.25, 0.3) is 0 Å². The van der Waals surface area contributed by atoms with Crippen LogP contribution in [0.3, 0.4) is 0 Å². The number of carbonyl (C=O) groups is 2. The number of hydroxylamine groups is 2. The predicted molar refractivity (Wildman–Crippen MR) is 95.3 cm³/mol. The molecule has 26 heavy (non-hydrogen) atoms. The lowest BCUT2D eigenvalue weighted by atomic mass is 9.78. The van der Waals surface area contributed by atoms with Crippen LogP contribution in [0.4, 0.5) is 4.39 Å². The van der Waals surface area contributed by atoms with Gasteiger partial charge in [-0.1, -0.05) is 19.3 Å². The van der Waals surface area contributed by atoms with Crippen molar-refractivity contribution in [1.82, 2.24) is 15.3 Å². The molecule has 1 rings (SSSR count). The summed E-state index contributed by atoms with van der Waals surface area (Å²) in [7, 11) is 1.56. The van der Waals surface area contributed by atoms with Crippen LogP contribution < -0.4 is 5.32 Å². The van der Waals surface area contributed by atoms with Crippen LogP contribution in [0.5, 0.6) is 0 Å². The SMILES string of the molecule is CN=C(C)NC(O)CN(C[C@@H](C)F)C(=O)C(CC1CCC1)CN(O)C=O. The van der Waals surface area contributed by atoms with Gasteiger partial charge in [0.1, 0.15) is 12.4 Å². The number of amidine groups is 1. The molecule has 0 aliphatic heterocycles. The summed E-state index contributed by atoms with van der Waals surface area (Å²) >= 11 is 0. The molecular weight excluding hydrogens is 343 g/mol. The summed E-state index contributed by atoms with van der Waals surface area (Å²) in [6.45, 7) is 2.57. The number of aliphatic hydroxyl groups is 1. The van der Waals surface area contributed by atoms with Crippen LogP contribution in [0.15, 0.2) is 4.99 Å². The zero-order chi connectivity index (χ0) is 19.7. The highest BCUT2D eigenvalue weighted by atomic mass is 19.1. The molecule has 9 heteroatoms. The smallest absolute Gasteiger partial charge is 0.233 e. The van der Waals surface area contributed by atoms with E-state index >= 15 is 0 Å². The van der Waals surface area contributed by atoms with E-state index < -0.39 is 18.3 Å². The molecule has 1 fully saturated rings. The summed E-state index contributed by atoms with van der Waals surface area (Å²) in [5.41, 5.74) is 0. The number of aliphatic imine (C=N–C) groups is 1. The molecule has 0 saturated heterocycles. The summed E-state index contributed by atoms with van der Waals surface area (Å²) in [5.74, 6) is -0.158. The van der Waals surface area contributed by atoms with Crippen LogP contribution in [0.1, 0.15) is 39.5 Å². The fraction of sp³-hybridized carbons (Fsp3) is 0.824. The quantitative estimate of drug-likeness (QED) is 0.124. The molecule has 0 aromatic rings. The molecule has 1 aliphatic carbocycles. The second-order valence-electron chi connectivity index (χ2n) is 6.95. The molecule has 1 aliphatic rings. The van der Waals surface area contributed by atoms with Gasteiger partial charge in [-0.25, -0.2) is 9.45 Å². The Hall–Kier alpha value is -1.74. The third-order valence-corrected chi connectivity index (χ3v) is 4.61. The van der Waals surface area contributed by atoms with E-state index in [1.807, 2.05) is 0 Å². The molecule has 0 aromatic heterocycles. The molecule has 2 amide bonds. The van der Waals surface area contributed by atoms with E-state index in [2.05, 4.69) is 10.3 Å². The number of carbonyl (C=O) groups excluding carboxylic acids is 2. The van der Waals surface area contributed by atoms with Crippen LogP contribution in [0.2, 0.25) is 0 Å². The minimum atomic E-state index is -1.27. The average molecular weight is 374 g/mol. The summed E-state index contributed by atoms with van der Waals surface area (Å²) in [6, 6.07) is 0. The third-order valence-electron chi connectivity index (χ3n) is 4.61. The van der Waals surface area contributed by atoms with Crippen LogP contribution in [-0.2, 0) is 9.59 Å². The number of nitrogens with one attached hydrogen (secondary N) is 1. The van der Waals surface area contributed by atoms with E-state index in [9.17, 15) is 24.3 Å². The summed E-state index contributed by atoms with van der Waals surface area (Å²) in [5, 5.41) is 22.8. The van der Waals surface area contributed by atoms with Crippen LogP contribution >= 0.6 is 0 Å². The van der Waals surface area contributed by atoms with Gasteiger partial charge in [0, 0.05) is 7.05 Å². The first-order valence-corrected chi connectivity index (χ1v) is 8.98. The van der Waals surface area contributed by atoms with E-state index in [4.69, 9.17) is 0 Å². The second-order valence-corrected chi connectivity index (χ2v) is 6.95. The molecule has 150 valence electrons. The number of amides is 2. The fourth-order valence-corrected chi connectivity index (χ4v) is 3.03. The van der Waals surface area contributed by atoms with Gasteiger partial charge in [-0.15, -0.1) is 0 Å². The minimum absolute atomic E-state index is 0.117. The highest BCUT2D eigenvalue weighted by molar-refractivity contribution is 5.80. The van der Waals surface area contributed by atoms with Crippen molar-refractivity contribution in [2.45, 2.75) is 51.9 Å². The van der Waals surface area contributed by atoms with Crippen LogP contribution in [0.25, 0.3) is 0 Å². The molecule has 0 heterocycles. The Morgan fingerprint density at radius 2 is 2.04 bits per heavy atom. The lowest BCUT2D eigenvalue weighted by Crippen LogP contribution is -2.50. The number of halogens is 1. The van der Waals surface area contributed by atoms with Crippen molar-refractivity contribution in [3.05, 3.63) is 0 Å². The molecule has 3 N–H and O–H groups in total. The van der Waals surface area contributed by atoms with Gasteiger partial charge in [-0.3, -0.25) is 19.8 Å². The number of rotatable bonds is 11. The average Bonchev–Trinajstić information content (AvgIpc) is 2.54. The van der Waals surface area contributed by atoms with Crippen molar-refractivity contribution in [3.63, 3.8) is 0 Å². The maximum Gasteiger partial charge on any atom is 0.233 e. The molecule has 0 radical (unpaired) electrons. The zero-order valence-corrected chi connectivity index (χ0v) is 15.8. The van der Waals surface area contributed by atoms with Crippen molar-refractivity contribution in [2.75, 3.05) is 26.7 Å². The minimum Gasteiger partial charge on any atom is -0.372 e. The number of alkyl halides is 1. The van der Waals surface area contributed by atoms with Crippen molar-refractivity contribution >= 4 is 18.2 Å². The molecule has 1 saturated carbocycles. The normalized spacial score (nSPS) is 18.5. The van der Waals surface area contributed by atoms with Gasteiger partial charge < -0.3 is 15.3 Å². The standard InChI is InChI=1S/C17H31FN4O4/c1-12(18)8-21(10-16(24)20-13(2)19-3)17(25)15(9-22(26)11-23)7-14-5-4-6-14/h11-12,14-16,24,26H,4-10H2,1-3H3,(H,19,20)/t12-,15?,16?/m1/s1. The molecular formula is C17H31FN4O4. The molecule has 3 atom stereocenters. The summed E-state index contributed by atoms with van der Waals surface area (Å²) < 4.78 is 13.6. The first kappa shape index (κ1) is 22.3. The predicted octanol–water partition coefficient (Wildman–Crippen LogP) is 0.783. The monoisotopic (exact) mass is 374 g/mol. The van der Waals surface area contributed by atoms with Gasteiger partial charge in [-0.05, 0) is 26.2 Å². The number of aliphatic hydroxyl groups excluding tert-OH is 1. The largest absolute Gasteiger partial charge is 0.372 e. The molecule has 8 nitrogen and oxygen atoms in total. The topological polar surface area (TPSA) is 105 Å². The van der Waals surface area contributed by atoms with Crippen LogP contribution in [-0.4, -0.2) is 77.5 Å². The van der Waals surface area contributed by atoms with E-state index in [0.717, 1.165) is 19.3 Å². The van der Waals surface area contributed by atoms with Crippen molar-refractivity contribution in [1.29, 1.82) is 0 Å². The lowest BCUT2D eigenvalue weighted by molar-refractivity contribution is -0.158. The lowest BCUT2D eigenvalue weighted by Gasteiger charge is -2.34. The Kier molecular flexibility index (Phi) is 9.50. The maximum atomic E-state index is 13.6. The van der Waals surface area contributed by atoms with Crippen molar-refractivity contribution < 1.29 is 24.3 Å². The number of nitrogens with zero attached hydrogens (tertiary/aromatic N) is 3. The Labute approximate surface area is 154 Å². The van der Waals surface area contributed by atoms with E-state index in [0.29, 0.717) is 23.2 Å². The van der Waals surface area contributed by atoms with Gasteiger partial charge in [0.2, 0.25) is 12.3 Å². The second kappa shape index (κ2) is 11.1. The summed E-state index contributed by atoms with van der Waals surface area (Å²) in [6.07, 6.45) is 1.53. The molecule has 2 unspecified atom stereocenters. The third kappa shape index (κ3) is 7.65.